The number of sulfonamides is 1. The van der Waals surface area contributed by atoms with Crippen molar-refractivity contribution in [3.8, 4) is 6.07 Å². The molecule has 0 aliphatic heterocycles. The van der Waals surface area contributed by atoms with Gasteiger partial charge in [0.05, 0.1) is 5.60 Å². The maximum Gasteiger partial charge on any atom is 0.243 e. The molecule has 2 N–H and O–H groups in total. The van der Waals surface area contributed by atoms with E-state index in [2.05, 4.69) is 9.71 Å². The largest absolute Gasteiger partial charge is 0.389 e. The summed E-state index contributed by atoms with van der Waals surface area (Å²) in [4.78, 5) is 3.58. The van der Waals surface area contributed by atoms with Crippen molar-refractivity contribution in [2.75, 3.05) is 6.54 Å². The number of nitriles is 1. The third kappa shape index (κ3) is 3.33. The van der Waals surface area contributed by atoms with Crippen LogP contribution in [0.15, 0.2) is 23.2 Å². The highest BCUT2D eigenvalue weighted by molar-refractivity contribution is 7.89. The Hall–Kier alpha value is -1.49. The molecule has 1 heterocycles. The zero-order valence-electron chi connectivity index (χ0n) is 11.0. The van der Waals surface area contributed by atoms with Gasteiger partial charge in [0.2, 0.25) is 10.0 Å². The zero-order chi connectivity index (χ0) is 14.6. The van der Waals surface area contributed by atoms with Crippen molar-refractivity contribution in [1.82, 2.24) is 9.71 Å². The number of aromatic nitrogens is 1. The average Bonchev–Trinajstić information content (AvgIpc) is 2.46. The van der Waals surface area contributed by atoms with Gasteiger partial charge >= 0.3 is 0 Å². The first kappa shape index (κ1) is 14.9. The van der Waals surface area contributed by atoms with Crippen molar-refractivity contribution < 1.29 is 13.5 Å². The van der Waals surface area contributed by atoms with Crippen LogP contribution in [-0.2, 0) is 10.0 Å². The Kier molecular flexibility index (Phi) is 4.38. The molecule has 0 aromatic carbocycles. The van der Waals surface area contributed by atoms with Crippen LogP contribution < -0.4 is 4.72 Å². The number of aliphatic hydroxyl groups is 1. The van der Waals surface area contributed by atoms with E-state index >= 15 is 0 Å². The van der Waals surface area contributed by atoms with E-state index in [1.807, 2.05) is 0 Å². The van der Waals surface area contributed by atoms with E-state index in [1.165, 1.54) is 18.3 Å². The summed E-state index contributed by atoms with van der Waals surface area (Å²) >= 11 is 0. The predicted molar refractivity (Wildman–Crippen MR) is 72.2 cm³/mol. The van der Waals surface area contributed by atoms with Gasteiger partial charge in [-0.2, -0.15) is 5.26 Å². The molecule has 1 aliphatic carbocycles. The van der Waals surface area contributed by atoms with E-state index in [-0.39, 0.29) is 17.1 Å². The second-order valence-corrected chi connectivity index (χ2v) is 6.81. The van der Waals surface area contributed by atoms with E-state index in [4.69, 9.17) is 5.26 Å². The fourth-order valence-corrected chi connectivity index (χ4v) is 3.61. The lowest BCUT2D eigenvalue weighted by atomic mass is 9.85. The normalized spacial score (nSPS) is 18.4. The minimum absolute atomic E-state index is 0.0326. The Morgan fingerprint density at radius 2 is 2.10 bits per heavy atom. The van der Waals surface area contributed by atoms with Gasteiger partial charge in [0, 0.05) is 12.7 Å². The van der Waals surface area contributed by atoms with E-state index in [9.17, 15) is 13.5 Å². The summed E-state index contributed by atoms with van der Waals surface area (Å²) in [5, 5.41) is 19.2. The van der Waals surface area contributed by atoms with Crippen molar-refractivity contribution in [3.63, 3.8) is 0 Å². The second kappa shape index (κ2) is 5.87. The van der Waals surface area contributed by atoms with Gasteiger partial charge in [-0.15, -0.1) is 0 Å². The molecule has 20 heavy (non-hydrogen) atoms. The quantitative estimate of drug-likeness (QED) is 0.860. The number of hydrogen-bond acceptors (Lipinski definition) is 5. The van der Waals surface area contributed by atoms with E-state index in [0.29, 0.717) is 12.8 Å². The van der Waals surface area contributed by atoms with Gasteiger partial charge in [-0.1, -0.05) is 19.3 Å². The van der Waals surface area contributed by atoms with Crippen molar-refractivity contribution in [1.29, 1.82) is 5.26 Å². The molecule has 1 fully saturated rings. The molecule has 7 heteroatoms. The predicted octanol–water partition coefficient (Wildman–Crippen LogP) is 0.927. The third-order valence-corrected chi connectivity index (χ3v) is 4.97. The van der Waals surface area contributed by atoms with Crippen LogP contribution in [0.3, 0.4) is 0 Å². The van der Waals surface area contributed by atoms with E-state index < -0.39 is 15.6 Å². The first-order valence-corrected chi connectivity index (χ1v) is 8.02. The van der Waals surface area contributed by atoms with E-state index in [0.717, 1.165) is 19.3 Å². The molecule has 0 spiro atoms. The monoisotopic (exact) mass is 295 g/mol. The minimum Gasteiger partial charge on any atom is -0.389 e. The summed E-state index contributed by atoms with van der Waals surface area (Å²) in [7, 11) is -3.84. The SMILES string of the molecule is N#Cc1ncccc1S(=O)(=O)NCC1(O)CCCCC1. The average molecular weight is 295 g/mol. The lowest BCUT2D eigenvalue weighted by molar-refractivity contribution is 0.00945. The molecule has 0 unspecified atom stereocenters. The summed E-state index contributed by atoms with van der Waals surface area (Å²) < 4.78 is 26.8. The number of nitrogens with one attached hydrogen (secondary N) is 1. The Morgan fingerprint density at radius 3 is 2.75 bits per heavy atom. The summed E-state index contributed by atoms with van der Waals surface area (Å²) in [6, 6.07) is 4.55. The van der Waals surface area contributed by atoms with Crippen LogP contribution in [0.1, 0.15) is 37.8 Å². The number of nitrogens with zero attached hydrogens (tertiary/aromatic N) is 2. The maximum absolute atomic E-state index is 12.2. The molecule has 1 aliphatic rings. The lowest BCUT2D eigenvalue weighted by Crippen LogP contribution is -2.44. The van der Waals surface area contributed by atoms with Gasteiger partial charge in [-0.05, 0) is 25.0 Å². The molecule has 0 bridgehead atoms. The third-order valence-electron chi connectivity index (χ3n) is 3.54. The zero-order valence-corrected chi connectivity index (χ0v) is 11.9. The number of pyridine rings is 1. The minimum atomic E-state index is -3.84. The van der Waals surface area contributed by atoms with E-state index in [1.54, 1.807) is 6.07 Å². The second-order valence-electron chi connectivity index (χ2n) is 5.07. The summed E-state index contributed by atoms with van der Waals surface area (Å²) in [5.74, 6) is 0. The molecule has 108 valence electrons. The van der Waals surface area contributed by atoms with Crippen LogP contribution in [0.4, 0.5) is 0 Å². The van der Waals surface area contributed by atoms with Crippen LogP contribution in [0.5, 0.6) is 0 Å². The van der Waals surface area contributed by atoms with Crippen LogP contribution >= 0.6 is 0 Å². The van der Waals surface area contributed by atoms with Crippen molar-refractivity contribution in [2.24, 2.45) is 0 Å². The molecule has 0 radical (unpaired) electrons. The van der Waals surface area contributed by atoms with Crippen molar-refractivity contribution in [3.05, 3.63) is 24.0 Å². The highest BCUT2D eigenvalue weighted by Gasteiger charge is 2.31. The highest BCUT2D eigenvalue weighted by atomic mass is 32.2. The Labute approximate surface area is 118 Å². The van der Waals surface area contributed by atoms with Crippen LogP contribution in [-0.4, -0.2) is 30.7 Å². The molecule has 0 saturated heterocycles. The molecular weight excluding hydrogens is 278 g/mol. The molecular formula is C13H17N3O3S. The number of rotatable bonds is 4. The fraction of sp³-hybridized carbons (Fsp3) is 0.538. The van der Waals surface area contributed by atoms with Crippen LogP contribution in [0.25, 0.3) is 0 Å². The van der Waals surface area contributed by atoms with Crippen LogP contribution in [0, 0.1) is 11.3 Å². The molecule has 1 saturated carbocycles. The highest BCUT2D eigenvalue weighted by Crippen LogP contribution is 2.27. The summed E-state index contributed by atoms with van der Waals surface area (Å²) in [6.07, 6.45) is 5.41. The van der Waals surface area contributed by atoms with Gasteiger partial charge in [-0.25, -0.2) is 18.1 Å². The Bertz CT molecular complexity index is 616. The Balaban J connectivity index is 2.14. The molecule has 0 amide bonds. The van der Waals surface area contributed by atoms with Crippen LogP contribution in [0.2, 0.25) is 0 Å². The van der Waals surface area contributed by atoms with Gasteiger partial charge in [0.15, 0.2) is 5.69 Å². The topological polar surface area (TPSA) is 103 Å². The smallest absolute Gasteiger partial charge is 0.243 e. The molecule has 0 atom stereocenters. The van der Waals surface area contributed by atoms with Gasteiger partial charge in [0.1, 0.15) is 11.0 Å². The fourth-order valence-electron chi connectivity index (χ4n) is 2.39. The van der Waals surface area contributed by atoms with Crippen molar-refractivity contribution >= 4 is 10.0 Å². The lowest BCUT2D eigenvalue weighted by Gasteiger charge is -2.32. The van der Waals surface area contributed by atoms with Crippen molar-refractivity contribution in [2.45, 2.75) is 42.6 Å². The number of hydrogen-bond donors (Lipinski definition) is 2. The first-order valence-electron chi connectivity index (χ1n) is 6.54. The van der Waals surface area contributed by atoms with Gasteiger partial charge in [-0.3, -0.25) is 0 Å². The maximum atomic E-state index is 12.2. The van der Waals surface area contributed by atoms with Gasteiger partial charge < -0.3 is 5.11 Å². The molecule has 1 aromatic heterocycles. The Morgan fingerprint density at radius 1 is 1.40 bits per heavy atom. The summed E-state index contributed by atoms with van der Waals surface area (Å²) in [6.45, 7) is -0.0326. The summed E-state index contributed by atoms with van der Waals surface area (Å²) in [5.41, 5.74) is -1.13. The molecule has 6 nitrogen and oxygen atoms in total. The standard InChI is InChI=1S/C13H17N3O3S/c14-9-11-12(5-4-8-15-11)20(18,19)16-10-13(17)6-2-1-3-7-13/h4-5,8,16-17H,1-3,6-7,10H2. The van der Waals surface area contributed by atoms with Gasteiger partial charge in [0.25, 0.3) is 0 Å². The molecule has 2 rings (SSSR count). The molecule has 1 aromatic rings. The first-order chi connectivity index (χ1) is 9.47.